The average Bonchev–Trinajstić information content (AvgIpc) is 2.10. The first-order valence-corrected chi connectivity index (χ1v) is 4.45. The highest BCUT2D eigenvalue weighted by atomic mass is 79.9. The summed E-state index contributed by atoms with van der Waals surface area (Å²) in [4.78, 5) is 0. The molecule has 0 spiro atoms. The molecule has 0 radical (unpaired) electrons. The minimum Gasteiger partial charge on any atom is -0.392 e. The molecule has 0 heterocycles. The predicted molar refractivity (Wildman–Crippen MR) is 44.9 cm³/mol. The molecule has 0 bridgehead atoms. The van der Waals surface area contributed by atoms with Crippen LogP contribution >= 0.6 is 15.9 Å². The monoisotopic (exact) mass is 236 g/mol. The van der Waals surface area contributed by atoms with Gasteiger partial charge in [0.15, 0.2) is 11.6 Å². The fraction of sp³-hybridized carbons (Fsp3) is 0.250. The van der Waals surface area contributed by atoms with Gasteiger partial charge in [0.05, 0.1) is 6.61 Å². The van der Waals surface area contributed by atoms with Gasteiger partial charge in [0.1, 0.15) is 0 Å². The van der Waals surface area contributed by atoms with E-state index in [1.807, 2.05) is 0 Å². The number of hydrogen-bond acceptors (Lipinski definition) is 1. The van der Waals surface area contributed by atoms with E-state index >= 15 is 0 Å². The largest absolute Gasteiger partial charge is 0.392 e. The summed E-state index contributed by atoms with van der Waals surface area (Å²) in [5.74, 6) is -1.85. The van der Waals surface area contributed by atoms with Crippen LogP contribution in [0.1, 0.15) is 11.1 Å². The average molecular weight is 237 g/mol. The smallest absolute Gasteiger partial charge is 0.164 e. The van der Waals surface area contributed by atoms with E-state index in [0.29, 0.717) is 0 Å². The van der Waals surface area contributed by atoms with Crippen LogP contribution in [-0.4, -0.2) is 5.11 Å². The molecule has 1 aromatic rings. The van der Waals surface area contributed by atoms with Crippen molar-refractivity contribution < 1.29 is 13.9 Å². The molecule has 0 atom stereocenters. The third-order valence-corrected chi connectivity index (χ3v) is 2.16. The quantitative estimate of drug-likeness (QED) is 0.782. The molecule has 0 fully saturated rings. The summed E-state index contributed by atoms with van der Waals surface area (Å²) in [6, 6.07) is 2.81. The number of hydrogen-bond donors (Lipinski definition) is 1. The summed E-state index contributed by atoms with van der Waals surface area (Å²) < 4.78 is 25.8. The van der Waals surface area contributed by atoms with Crippen molar-refractivity contribution in [2.45, 2.75) is 11.9 Å². The van der Waals surface area contributed by atoms with E-state index in [2.05, 4.69) is 15.9 Å². The Morgan fingerprint density at radius 1 is 1.17 bits per heavy atom. The summed E-state index contributed by atoms with van der Waals surface area (Å²) in [7, 11) is 0. The van der Waals surface area contributed by atoms with Crippen molar-refractivity contribution in [3.63, 3.8) is 0 Å². The lowest BCUT2D eigenvalue weighted by molar-refractivity contribution is 0.273. The van der Waals surface area contributed by atoms with Gasteiger partial charge in [-0.25, -0.2) is 8.78 Å². The molecule has 0 amide bonds. The number of benzene rings is 1. The second-order valence-electron chi connectivity index (χ2n) is 2.30. The molecule has 12 heavy (non-hydrogen) atoms. The second-order valence-corrected chi connectivity index (χ2v) is 2.86. The topological polar surface area (TPSA) is 20.2 Å². The van der Waals surface area contributed by atoms with E-state index < -0.39 is 18.2 Å². The van der Waals surface area contributed by atoms with Gasteiger partial charge in [-0.15, -0.1) is 0 Å². The molecule has 1 aromatic carbocycles. The zero-order valence-corrected chi connectivity index (χ0v) is 7.74. The summed E-state index contributed by atoms with van der Waals surface area (Å²) >= 11 is 3.02. The lowest BCUT2D eigenvalue weighted by Gasteiger charge is -2.03. The summed E-state index contributed by atoms with van der Waals surface area (Å²) in [6.07, 6.45) is 0. The maximum atomic E-state index is 12.9. The van der Waals surface area contributed by atoms with Gasteiger partial charge in [-0.1, -0.05) is 28.1 Å². The SMILES string of the molecule is OCc1ccc(CBr)c(F)c1F. The van der Waals surface area contributed by atoms with Crippen LogP contribution < -0.4 is 0 Å². The minimum atomic E-state index is -0.963. The standard InChI is InChI=1S/C8H7BrF2O/c9-3-5-1-2-6(4-12)8(11)7(5)10/h1-2,12H,3-4H2. The van der Waals surface area contributed by atoms with Crippen LogP contribution in [0.2, 0.25) is 0 Å². The maximum absolute atomic E-state index is 12.9. The van der Waals surface area contributed by atoms with Gasteiger partial charge in [-0.2, -0.15) is 0 Å². The van der Waals surface area contributed by atoms with Crippen molar-refractivity contribution in [2.24, 2.45) is 0 Å². The Balaban J connectivity index is 3.20. The first-order valence-electron chi connectivity index (χ1n) is 3.33. The van der Waals surface area contributed by atoms with Crippen LogP contribution in [-0.2, 0) is 11.9 Å². The highest BCUT2D eigenvalue weighted by Crippen LogP contribution is 2.18. The third kappa shape index (κ3) is 1.64. The van der Waals surface area contributed by atoms with Gasteiger partial charge in [0, 0.05) is 16.5 Å². The van der Waals surface area contributed by atoms with E-state index in [1.165, 1.54) is 12.1 Å². The van der Waals surface area contributed by atoms with Gasteiger partial charge in [0.2, 0.25) is 0 Å². The molecule has 1 N–H and O–H groups in total. The molecule has 0 aliphatic carbocycles. The fourth-order valence-electron chi connectivity index (χ4n) is 0.855. The zero-order chi connectivity index (χ0) is 9.14. The van der Waals surface area contributed by atoms with Crippen molar-refractivity contribution in [3.05, 3.63) is 34.9 Å². The van der Waals surface area contributed by atoms with Gasteiger partial charge in [-0.3, -0.25) is 0 Å². The molecular formula is C8H7BrF2O. The van der Waals surface area contributed by atoms with Gasteiger partial charge in [-0.05, 0) is 0 Å². The maximum Gasteiger partial charge on any atom is 0.164 e. The Bertz CT molecular complexity index is 260. The fourth-order valence-corrected chi connectivity index (χ4v) is 1.29. The van der Waals surface area contributed by atoms with E-state index in [1.54, 1.807) is 0 Å². The number of aliphatic hydroxyl groups excluding tert-OH is 1. The van der Waals surface area contributed by atoms with Crippen molar-refractivity contribution in [1.29, 1.82) is 0 Å². The predicted octanol–water partition coefficient (Wildman–Crippen LogP) is 2.35. The molecule has 4 heteroatoms. The Morgan fingerprint density at radius 2 is 1.67 bits per heavy atom. The lowest BCUT2D eigenvalue weighted by atomic mass is 10.1. The Kier molecular flexibility index (Phi) is 3.17. The van der Waals surface area contributed by atoms with E-state index in [0.717, 1.165) is 0 Å². The van der Waals surface area contributed by atoms with Crippen LogP contribution in [0.4, 0.5) is 8.78 Å². The van der Waals surface area contributed by atoms with Crippen LogP contribution in [0.5, 0.6) is 0 Å². The number of halogens is 3. The Hall–Kier alpha value is -0.480. The van der Waals surface area contributed by atoms with Crippen molar-refractivity contribution in [1.82, 2.24) is 0 Å². The van der Waals surface area contributed by atoms with E-state index in [9.17, 15) is 8.78 Å². The summed E-state index contributed by atoms with van der Waals surface area (Å²) in [5.41, 5.74) is 0.238. The van der Waals surface area contributed by atoms with Crippen LogP contribution in [0.25, 0.3) is 0 Å². The number of alkyl halides is 1. The molecule has 66 valence electrons. The van der Waals surface area contributed by atoms with Crippen molar-refractivity contribution in [2.75, 3.05) is 0 Å². The molecule has 1 nitrogen and oxygen atoms in total. The van der Waals surface area contributed by atoms with E-state index in [-0.39, 0.29) is 16.5 Å². The van der Waals surface area contributed by atoms with Crippen LogP contribution in [0.15, 0.2) is 12.1 Å². The lowest BCUT2D eigenvalue weighted by Crippen LogP contribution is -1.97. The molecule has 0 saturated heterocycles. The van der Waals surface area contributed by atoms with Crippen LogP contribution in [0.3, 0.4) is 0 Å². The summed E-state index contributed by atoms with van der Waals surface area (Å²) in [6.45, 7) is -0.481. The number of aliphatic hydroxyl groups is 1. The van der Waals surface area contributed by atoms with Crippen LogP contribution in [0, 0.1) is 11.6 Å². The first-order chi connectivity index (χ1) is 5.70. The normalized spacial score (nSPS) is 10.3. The highest BCUT2D eigenvalue weighted by molar-refractivity contribution is 9.08. The summed E-state index contributed by atoms with van der Waals surface area (Å²) in [5, 5.41) is 8.85. The van der Waals surface area contributed by atoms with Crippen molar-refractivity contribution in [3.8, 4) is 0 Å². The molecule has 0 aromatic heterocycles. The Morgan fingerprint density at radius 3 is 2.17 bits per heavy atom. The highest BCUT2D eigenvalue weighted by Gasteiger charge is 2.11. The molecule has 0 unspecified atom stereocenters. The third-order valence-electron chi connectivity index (χ3n) is 1.56. The Labute approximate surface area is 77.2 Å². The molecule has 0 aliphatic rings. The van der Waals surface area contributed by atoms with E-state index in [4.69, 9.17) is 5.11 Å². The second kappa shape index (κ2) is 3.96. The first kappa shape index (κ1) is 9.61. The van der Waals surface area contributed by atoms with Gasteiger partial charge < -0.3 is 5.11 Å². The van der Waals surface area contributed by atoms with Gasteiger partial charge >= 0.3 is 0 Å². The number of rotatable bonds is 2. The zero-order valence-electron chi connectivity index (χ0n) is 6.15. The minimum absolute atomic E-state index is 0.0165. The van der Waals surface area contributed by atoms with Crippen molar-refractivity contribution >= 4 is 15.9 Å². The molecule has 0 saturated carbocycles. The molecular weight excluding hydrogens is 230 g/mol. The molecule has 0 aliphatic heterocycles. The molecule has 1 rings (SSSR count). The van der Waals surface area contributed by atoms with Gasteiger partial charge in [0.25, 0.3) is 0 Å².